The van der Waals surface area contributed by atoms with Gasteiger partial charge in [0, 0.05) is 23.7 Å². The van der Waals surface area contributed by atoms with Crippen LogP contribution in [0.3, 0.4) is 0 Å². The lowest BCUT2D eigenvalue weighted by atomic mass is 9.89. The predicted molar refractivity (Wildman–Crippen MR) is 85.3 cm³/mol. The molecular formula is C19H19NO2. The van der Waals surface area contributed by atoms with Crippen molar-refractivity contribution in [3.63, 3.8) is 0 Å². The molecule has 2 aromatic rings. The van der Waals surface area contributed by atoms with E-state index in [0.29, 0.717) is 11.1 Å². The highest BCUT2D eigenvalue weighted by Gasteiger charge is 2.50. The van der Waals surface area contributed by atoms with Gasteiger partial charge in [-0.25, -0.2) is 0 Å². The average Bonchev–Trinajstić information content (AvgIpc) is 3.09. The molecule has 0 bridgehead atoms. The van der Waals surface area contributed by atoms with E-state index in [1.54, 1.807) is 0 Å². The molecule has 1 aliphatic carbocycles. The largest absolute Gasteiger partial charge is 0.372 e. The first-order chi connectivity index (χ1) is 10.6. The van der Waals surface area contributed by atoms with E-state index in [2.05, 4.69) is 6.92 Å². The van der Waals surface area contributed by atoms with Crippen LogP contribution in [-0.4, -0.2) is 28.5 Å². The van der Waals surface area contributed by atoms with Crippen LogP contribution in [0.1, 0.15) is 30.9 Å². The van der Waals surface area contributed by atoms with E-state index >= 15 is 0 Å². The van der Waals surface area contributed by atoms with Crippen LogP contribution in [0.2, 0.25) is 0 Å². The van der Waals surface area contributed by atoms with Crippen LogP contribution in [0.4, 0.5) is 0 Å². The molecule has 1 aliphatic heterocycles. The van der Waals surface area contributed by atoms with Gasteiger partial charge in [-0.3, -0.25) is 4.79 Å². The van der Waals surface area contributed by atoms with Crippen molar-refractivity contribution in [1.29, 1.82) is 0 Å². The Labute approximate surface area is 130 Å². The van der Waals surface area contributed by atoms with Gasteiger partial charge in [0.2, 0.25) is 0 Å². The lowest BCUT2D eigenvalue weighted by Gasteiger charge is -2.32. The molecule has 1 N–H and O–H groups in total. The summed E-state index contributed by atoms with van der Waals surface area (Å²) in [7, 11) is 0. The van der Waals surface area contributed by atoms with Gasteiger partial charge in [-0.1, -0.05) is 48.5 Å². The van der Waals surface area contributed by atoms with E-state index in [9.17, 15) is 9.90 Å². The van der Waals surface area contributed by atoms with Crippen LogP contribution < -0.4 is 0 Å². The van der Waals surface area contributed by atoms with Crippen molar-refractivity contribution in [2.45, 2.75) is 31.4 Å². The Hall–Kier alpha value is -2.13. The number of hydrogen-bond donors (Lipinski definition) is 1. The molecule has 112 valence electrons. The van der Waals surface area contributed by atoms with Crippen LogP contribution in [0, 0.1) is 0 Å². The lowest BCUT2D eigenvalue weighted by molar-refractivity contribution is -0.148. The summed E-state index contributed by atoms with van der Waals surface area (Å²) in [4.78, 5) is 15.0. The van der Waals surface area contributed by atoms with Crippen molar-refractivity contribution >= 4 is 5.91 Å². The number of aliphatic hydroxyl groups is 1. The third kappa shape index (κ3) is 1.63. The normalized spacial score (nSPS) is 21.5. The number of benzene rings is 2. The molecule has 2 aromatic carbocycles. The van der Waals surface area contributed by atoms with Crippen LogP contribution in [-0.2, 0) is 10.4 Å². The number of carbonyl (C=O) groups is 1. The number of nitrogens with zero attached hydrogens (tertiary/aromatic N) is 1. The Morgan fingerprint density at radius 2 is 1.64 bits per heavy atom. The zero-order valence-corrected chi connectivity index (χ0v) is 12.6. The average molecular weight is 293 g/mol. The van der Waals surface area contributed by atoms with Crippen LogP contribution in [0.25, 0.3) is 11.1 Å². The van der Waals surface area contributed by atoms with Gasteiger partial charge in [-0.15, -0.1) is 0 Å². The molecule has 1 saturated heterocycles. The number of fused-ring (bicyclic) bond motifs is 3. The maximum atomic E-state index is 13.2. The molecule has 0 aromatic heterocycles. The summed E-state index contributed by atoms with van der Waals surface area (Å²) < 4.78 is 0. The Balaban J connectivity index is 1.92. The topological polar surface area (TPSA) is 40.5 Å². The lowest BCUT2D eigenvalue weighted by Crippen LogP contribution is -2.48. The van der Waals surface area contributed by atoms with E-state index in [0.717, 1.165) is 30.5 Å². The van der Waals surface area contributed by atoms with Gasteiger partial charge in [0.25, 0.3) is 5.91 Å². The number of carbonyl (C=O) groups excluding carboxylic acids is 1. The van der Waals surface area contributed by atoms with Gasteiger partial charge in [-0.05, 0) is 30.9 Å². The first kappa shape index (κ1) is 13.5. The summed E-state index contributed by atoms with van der Waals surface area (Å²) in [6, 6.07) is 15.6. The highest BCUT2D eigenvalue weighted by atomic mass is 16.3. The smallest absolute Gasteiger partial charge is 0.264 e. The van der Waals surface area contributed by atoms with Crippen molar-refractivity contribution in [3.8, 4) is 11.1 Å². The fraction of sp³-hybridized carbons (Fsp3) is 0.316. The third-order valence-electron chi connectivity index (χ3n) is 5.05. The molecule has 1 unspecified atom stereocenters. The Bertz CT molecular complexity index is 707. The van der Waals surface area contributed by atoms with Gasteiger partial charge in [0.15, 0.2) is 5.60 Å². The number of rotatable bonds is 1. The molecule has 1 heterocycles. The molecule has 1 amide bonds. The highest BCUT2D eigenvalue weighted by molar-refractivity contribution is 5.99. The molecule has 22 heavy (non-hydrogen) atoms. The van der Waals surface area contributed by atoms with E-state index in [1.165, 1.54) is 0 Å². The van der Waals surface area contributed by atoms with E-state index in [4.69, 9.17) is 0 Å². The van der Waals surface area contributed by atoms with Crippen molar-refractivity contribution in [2.24, 2.45) is 0 Å². The van der Waals surface area contributed by atoms with E-state index in [-0.39, 0.29) is 11.9 Å². The summed E-state index contributed by atoms with van der Waals surface area (Å²) in [5.74, 6) is -0.185. The second-order valence-corrected chi connectivity index (χ2v) is 6.29. The molecule has 3 heteroatoms. The number of hydrogen-bond acceptors (Lipinski definition) is 2. The zero-order valence-electron chi connectivity index (χ0n) is 12.6. The molecule has 1 atom stereocenters. The van der Waals surface area contributed by atoms with Crippen molar-refractivity contribution in [1.82, 2.24) is 4.90 Å². The van der Waals surface area contributed by atoms with Gasteiger partial charge in [0.1, 0.15) is 0 Å². The van der Waals surface area contributed by atoms with Crippen LogP contribution in [0.15, 0.2) is 48.5 Å². The summed E-state index contributed by atoms with van der Waals surface area (Å²) in [5, 5.41) is 11.5. The summed E-state index contributed by atoms with van der Waals surface area (Å²) in [5.41, 5.74) is 1.79. The Morgan fingerprint density at radius 3 is 2.14 bits per heavy atom. The number of likely N-dealkylation sites (tertiary alicyclic amines) is 1. The molecule has 3 nitrogen and oxygen atoms in total. The van der Waals surface area contributed by atoms with E-state index < -0.39 is 5.60 Å². The second-order valence-electron chi connectivity index (χ2n) is 6.29. The summed E-state index contributed by atoms with van der Waals surface area (Å²) in [6.07, 6.45) is 2.01. The predicted octanol–water partition coefficient (Wildman–Crippen LogP) is 2.91. The zero-order chi connectivity index (χ0) is 15.3. The molecule has 2 aliphatic rings. The molecule has 1 fully saturated rings. The third-order valence-corrected chi connectivity index (χ3v) is 5.05. The SMILES string of the molecule is CC1CCCN1C(=O)C1(O)c2ccccc2-c2ccccc21. The first-order valence-corrected chi connectivity index (χ1v) is 7.87. The van der Waals surface area contributed by atoms with Crippen molar-refractivity contribution in [2.75, 3.05) is 6.54 Å². The molecule has 4 rings (SSSR count). The molecule has 0 radical (unpaired) electrons. The molecular weight excluding hydrogens is 274 g/mol. The van der Waals surface area contributed by atoms with Gasteiger partial charge >= 0.3 is 0 Å². The second kappa shape index (κ2) is 4.68. The maximum absolute atomic E-state index is 13.2. The maximum Gasteiger partial charge on any atom is 0.264 e. The minimum Gasteiger partial charge on any atom is -0.372 e. The number of amides is 1. The van der Waals surface area contributed by atoms with Crippen LogP contribution >= 0.6 is 0 Å². The van der Waals surface area contributed by atoms with Crippen LogP contribution in [0.5, 0.6) is 0 Å². The Morgan fingerprint density at radius 1 is 1.09 bits per heavy atom. The van der Waals surface area contributed by atoms with Gasteiger partial charge in [0.05, 0.1) is 0 Å². The minimum absolute atomic E-state index is 0.185. The standard InChI is InChI=1S/C19H19NO2/c1-13-7-6-12-20(13)18(21)19(22)16-10-4-2-8-14(16)15-9-3-5-11-17(15)19/h2-5,8-11,13,22H,6-7,12H2,1H3. The van der Waals surface area contributed by atoms with Crippen molar-refractivity contribution < 1.29 is 9.90 Å². The summed E-state index contributed by atoms with van der Waals surface area (Å²) >= 11 is 0. The first-order valence-electron chi connectivity index (χ1n) is 7.87. The van der Waals surface area contributed by atoms with Gasteiger partial charge < -0.3 is 10.0 Å². The van der Waals surface area contributed by atoms with E-state index in [1.807, 2.05) is 53.4 Å². The fourth-order valence-electron chi connectivity index (χ4n) is 3.89. The monoisotopic (exact) mass is 293 g/mol. The van der Waals surface area contributed by atoms with Gasteiger partial charge in [-0.2, -0.15) is 0 Å². The summed E-state index contributed by atoms with van der Waals surface area (Å²) in [6.45, 7) is 2.79. The molecule has 0 spiro atoms. The fourth-order valence-corrected chi connectivity index (χ4v) is 3.89. The van der Waals surface area contributed by atoms with Crippen molar-refractivity contribution in [3.05, 3.63) is 59.7 Å². The quantitative estimate of drug-likeness (QED) is 0.878. The molecule has 0 saturated carbocycles. The minimum atomic E-state index is -1.55. The highest BCUT2D eigenvalue weighted by Crippen LogP contribution is 2.48. The Kier molecular flexibility index (Phi) is 2.88.